The molecule has 0 spiro atoms. The van der Waals surface area contributed by atoms with Crippen molar-refractivity contribution in [3.05, 3.63) is 47.7 Å². The van der Waals surface area contributed by atoms with Crippen LogP contribution in [0.5, 0.6) is 0 Å². The van der Waals surface area contributed by atoms with Crippen molar-refractivity contribution in [3.8, 4) is 0 Å². The normalized spacial score (nSPS) is 18.1. The highest BCUT2D eigenvalue weighted by Gasteiger charge is 2.40. The lowest BCUT2D eigenvalue weighted by Crippen LogP contribution is -2.42. The molecule has 5 heteroatoms. The van der Waals surface area contributed by atoms with Crippen LogP contribution in [0.4, 0.5) is 5.82 Å². The molecule has 1 aromatic heterocycles. The second-order valence-electron chi connectivity index (χ2n) is 8.01. The van der Waals surface area contributed by atoms with E-state index in [0.717, 1.165) is 43.9 Å². The van der Waals surface area contributed by atoms with Crippen molar-refractivity contribution in [2.75, 3.05) is 25.5 Å². The van der Waals surface area contributed by atoms with Crippen LogP contribution in [0, 0.1) is 0 Å². The van der Waals surface area contributed by atoms with E-state index in [-0.39, 0.29) is 11.0 Å². The molecule has 1 saturated heterocycles. The smallest absolute Gasteiger partial charge is 0.212 e. The molecular weight excluding hydrogens is 312 g/mol. The Hall–Kier alpha value is -2.14. The summed E-state index contributed by atoms with van der Waals surface area (Å²) in [5.74, 6) is 0.756. The summed E-state index contributed by atoms with van der Waals surface area (Å²) < 4.78 is 1.93. The van der Waals surface area contributed by atoms with Crippen molar-refractivity contribution in [3.63, 3.8) is 0 Å². The van der Waals surface area contributed by atoms with Crippen LogP contribution in [0.3, 0.4) is 0 Å². The Morgan fingerprint density at radius 3 is 2.36 bits per heavy atom. The molecule has 2 aromatic rings. The Labute approximate surface area is 150 Å². The predicted octanol–water partition coefficient (Wildman–Crippen LogP) is 3.22. The zero-order chi connectivity index (χ0) is 18.1. The van der Waals surface area contributed by atoms with Crippen molar-refractivity contribution in [1.82, 2.24) is 14.7 Å². The number of carbonyl (C=O) groups is 1. The summed E-state index contributed by atoms with van der Waals surface area (Å²) in [6, 6.07) is 12.7. The van der Waals surface area contributed by atoms with E-state index in [1.807, 2.05) is 4.68 Å². The van der Waals surface area contributed by atoms with Gasteiger partial charge in [0.15, 0.2) is 0 Å². The highest BCUT2D eigenvalue weighted by molar-refractivity contribution is 5.69. The number of piperidine rings is 1. The van der Waals surface area contributed by atoms with E-state index >= 15 is 0 Å². The number of carbonyl (C=O) groups excluding carboxylic acids is 1. The Balaban J connectivity index is 2.13. The average molecular weight is 340 g/mol. The van der Waals surface area contributed by atoms with E-state index in [9.17, 15) is 4.79 Å². The summed E-state index contributed by atoms with van der Waals surface area (Å²) >= 11 is 0. The SMILES string of the molecule is CN1CCC(c2ccccc2)(c2cc(NC=O)n(C(C)(C)C)n2)CC1. The fourth-order valence-electron chi connectivity index (χ4n) is 3.74. The van der Waals surface area contributed by atoms with E-state index in [1.165, 1.54) is 5.56 Å². The number of anilines is 1. The van der Waals surface area contributed by atoms with Gasteiger partial charge in [-0.05, 0) is 59.3 Å². The molecule has 3 rings (SSSR count). The first-order valence-corrected chi connectivity index (χ1v) is 8.92. The van der Waals surface area contributed by atoms with Gasteiger partial charge >= 0.3 is 0 Å². The van der Waals surface area contributed by atoms with Gasteiger partial charge in [-0.25, -0.2) is 4.68 Å². The van der Waals surface area contributed by atoms with E-state index in [0.29, 0.717) is 0 Å². The molecule has 5 nitrogen and oxygen atoms in total. The van der Waals surface area contributed by atoms with Gasteiger partial charge in [-0.15, -0.1) is 0 Å². The van der Waals surface area contributed by atoms with Crippen LogP contribution in [0.25, 0.3) is 0 Å². The molecule has 0 atom stereocenters. The molecule has 2 heterocycles. The molecule has 1 aliphatic heterocycles. The third-order valence-electron chi connectivity index (χ3n) is 5.21. The molecule has 0 aliphatic carbocycles. The minimum atomic E-state index is -0.201. The van der Waals surface area contributed by atoms with Crippen LogP contribution in [-0.4, -0.2) is 41.2 Å². The lowest BCUT2D eigenvalue weighted by Gasteiger charge is -2.40. The van der Waals surface area contributed by atoms with Crippen molar-refractivity contribution in [2.24, 2.45) is 0 Å². The van der Waals surface area contributed by atoms with Gasteiger partial charge in [0.05, 0.1) is 11.2 Å². The number of rotatable bonds is 4. The first kappa shape index (κ1) is 17.7. The maximum Gasteiger partial charge on any atom is 0.212 e. The van der Waals surface area contributed by atoms with Crippen molar-refractivity contribution < 1.29 is 4.79 Å². The predicted molar refractivity (Wildman–Crippen MR) is 101 cm³/mol. The van der Waals surface area contributed by atoms with Crippen LogP contribution >= 0.6 is 0 Å². The first-order valence-electron chi connectivity index (χ1n) is 8.92. The molecule has 0 bridgehead atoms. The van der Waals surface area contributed by atoms with Gasteiger partial charge in [0.25, 0.3) is 0 Å². The van der Waals surface area contributed by atoms with Crippen LogP contribution in [0.15, 0.2) is 36.4 Å². The van der Waals surface area contributed by atoms with Gasteiger partial charge in [-0.3, -0.25) is 4.79 Å². The van der Waals surface area contributed by atoms with Crippen LogP contribution < -0.4 is 5.32 Å². The standard InChI is InChI=1S/C20H28N4O/c1-19(2,3)24-18(21-15-25)14-17(22-24)20(10-12-23(4)13-11-20)16-8-6-5-7-9-16/h5-9,14-15H,10-13H2,1-4H3,(H,21,25). The molecule has 1 aromatic carbocycles. The number of benzene rings is 1. The average Bonchev–Trinajstić information content (AvgIpc) is 3.02. The number of amides is 1. The highest BCUT2D eigenvalue weighted by atomic mass is 16.1. The highest BCUT2D eigenvalue weighted by Crippen LogP contribution is 2.42. The molecule has 0 saturated carbocycles. The second kappa shape index (κ2) is 6.64. The quantitative estimate of drug-likeness (QED) is 0.870. The molecular formula is C20H28N4O. The number of hydrogen-bond acceptors (Lipinski definition) is 3. The largest absolute Gasteiger partial charge is 0.314 e. The lowest BCUT2D eigenvalue weighted by molar-refractivity contribution is -0.105. The van der Waals surface area contributed by atoms with Gasteiger partial charge in [0.1, 0.15) is 5.82 Å². The number of nitrogens with zero attached hydrogens (tertiary/aromatic N) is 3. The van der Waals surface area contributed by atoms with E-state index in [1.54, 1.807) is 0 Å². The van der Waals surface area contributed by atoms with Crippen LogP contribution in [0.1, 0.15) is 44.9 Å². The second-order valence-corrected chi connectivity index (χ2v) is 8.01. The van der Waals surface area contributed by atoms with Crippen LogP contribution in [0.2, 0.25) is 0 Å². The monoisotopic (exact) mass is 340 g/mol. The number of hydrogen-bond donors (Lipinski definition) is 1. The third kappa shape index (κ3) is 3.33. The Morgan fingerprint density at radius 1 is 1.16 bits per heavy atom. The molecule has 1 aliphatic rings. The van der Waals surface area contributed by atoms with E-state index in [2.05, 4.69) is 74.4 Å². The lowest BCUT2D eigenvalue weighted by atomic mass is 9.70. The fourth-order valence-corrected chi connectivity index (χ4v) is 3.74. The summed E-state index contributed by atoms with van der Waals surface area (Å²) in [6.07, 6.45) is 2.78. The Kier molecular flexibility index (Phi) is 4.69. The topological polar surface area (TPSA) is 50.2 Å². The van der Waals surface area contributed by atoms with Crippen molar-refractivity contribution >= 4 is 12.2 Å². The minimum Gasteiger partial charge on any atom is -0.314 e. The van der Waals surface area contributed by atoms with Gasteiger partial charge < -0.3 is 10.2 Å². The van der Waals surface area contributed by atoms with Gasteiger partial charge in [0, 0.05) is 11.5 Å². The minimum absolute atomic E-state index is 0.108. The molecule has 0 radical (unpaired) electrons. The third-order valence-corrected chi connectivity index (χ3v) is 5.21. The number of aromatic nitrogens is 2. The molecule has 1 amide bonds. The first-order chi connectivity index (χ1) is 11.9. The Bertz CT molecular complexity index is 722. The zero-order valence-corrected chi connectivity index (χ0v) is 15.6. The molecule has 1 fully saturated rings. The van der Waals surface area contributed by atoms with Crippen molar-refractivity contribution in [2.45, 2.75) is 44.6 Å². The summed E-state index contributed by atoms with van der Waals surface area (Å²) in [4.78, 5) is 13.4. The summed E-state index contributed by atoms with van der Waals surface area (Å²) in [6.45, 7) is 8.37. The number of likely N-dealkylation sites (tertiary alicyclic amines) is 1. The Morgan fingerprint density at radius 2 is 1.80 bits per heavy atom. The maximum absolute atomic E-state index is 11.1. The summed E-state index contributed by atoms with van der Waals surface area (Å²) in [5.41, 5.74) is 2.04. The molecule has 134 valence electrons. The van der Waals surface area contributed by atoms with Crippen LogP contribution in [-0.2, 0) is 15.7 Å². The fraction of sp³-hybridized carbons (Fsp3) is 0.500. The molecule has 1 N–H and O–H groups in total. The van der Waals surface area contributed by atoms with Gasteiger partial charge in [0.2, 0.25) is 6.41 Å². The molecule has 0 unspecified atom stereocenters. The maximum atomic E-state index is 11.1. The summed E-state index contributed by atoms with van der Waals surface area (Å²) in [5, 5.41) is 7.80. The number of nitrogens with one attached hydrogen (secondary N) is 1. The van der Waals surface area contributed by atoms with E-state index < -0.39 is 0 Å². The van der Waals surface area contributed by atoms with Crippen molar-refractivity contribution in [1.29, 1.82) is 0 Å². The van der Waals surface area contributed by atoms with Gasteiger partial charge in [-0.1, -0.05) is 30.3 Å². The summed E-state index contributed by atoms with van der Waals surface area (Å²) in [7, 11) is 2.17. The van der Waals surface area contributed by atoms with Gasteiger partial charge in [-0.2, -0.15) is 5.10 Å². The zero-order valence-electron chi connectivity index (χ0n) is 15.6. The molecule has 25 heavy (non-hydrogen) atoms. The van der Waals surface area contributed by atoms with E-state index in [4.69, 9.17) is 5.10 Å².